The minimum absolute atomic E-state index is 0.927. The van der Waals surface area contributed by atoms with E-state index in [2.05, 4.69) is 35.3 Å². The summed E-state index contributed by atoms with van der Waals surface area (Å²) < 4.78 is 5.35. The van der Waals surface area contributed by atoms with E-state index in [0.717, 1.165) is 18.8 Å². The van der Waals surface area contributed by atoms with Gasteiger partial charge in [-0.1, -0.05) is 12.1 Å². The molecule has 0 saturated carbocycles. The monoisotopic (exact) mass is 262 g/mol. The summed E-state index contributed by atoms with van der Waals surface area (Å²) in [7, 11) is 1.73. The van der Waals surface area contributed by atoms with Gasteiger partial charge in [0.15, 0.2) is 0 Å². The highest BCUT2D eigenvalue weighted by Crippen LogP contribution is 2.18. The van der Waals surface area contributed by atoms with Crippen molar-refractivity contribution < 1.29 is 4.74 Å². The first-order chi connectivity index (χ1) is 9.29. The Morgan fingerprint density at radius 1 is 1.26 bits per heavy atom. The third kappa shape index (κ3) is 4.51. The average Bonchev–Trinajstić information content (AvgIpc) is 2.93. The van der Waals surface area contributed by atoms with Crippen molar-refractivity contribution in [3.8, 4) is 5.75 Å². The molecule has 0 bridgehead atoms. The molecule has 0 aliphatic carbocycles. The molecular weight excluding hydrogens is 236 g/mol. The molecular formula is C16H26N2O. The Bertz CT molecular complexity index is 386. The van der Waals surface area contributed by atoms with E-state index in [1.165, 1.54) is 50.0 Å². The molecule has 1 aliphatic rings. The fraction of sp³-hybridized carbons (Fsp3) is 0.625. The molecule has 3 heteroatoms. The summed E-state index contributed by atoms with van der Waals surface area (Å²) in [5.41, 5.74) is 2.49. The van der Waals surface area contributed by atoms with Crippen LogP contribution in [0.2, 0.25) is 0 Å². The number of hydrogen-bond acceptors (Lipinski definition) is 3. The molecule has 0 radical (unpaired) electrons. The lowest BCUT2D eigenvalue weighted by molar-refractivity contribution is 0.331. The molecule has 1 aliphatic heterocycles. The van der Waals surface area contributed by atoms with Gasteiger partial charge in [-0.15, -0.1) is 0 Å². The lowest BCUT2D eigenvalue weighted by Gasteiger charge is -2.14. The molecule has 1 aromatic rings. The maximum atomic E-state index is 5.35. The van der Waals surface area contributed by atoms with Crippen molar-refractivity contribution in [2.45, 2.75) is 32.7 Å². The molecule has 19 heavy (non-hydrogen) atoms. The van der Waals surface area contributed by atoms with Gasteiger partial charge in [0.2, 0.25) is 0 Å². The molecule has 106 valence electrons. The number of benzene rings is 1. The number of nitrogens with zero attached hydrogens (tertiary/aromatic N) is 1. The van der Waals surface area contributed by atoms with Crippen LogP contribution in [0.5, 0.6) is 5.75 Å². The zero-order valence-corrected chi connectivity index (χ0v) is 12.2. The summed E-state index contributed by atoms with van der Waals surface area (Å²) in [6, 6.07) is 6.42. The van der Waals surface area contributed by atoms with Gasteiger partial charge in [-0.25, -0.2) is 0 Å². The molecule has 0 amide bonds. The van der Waals surface area contributed by atoms with Gasteiger partial charge in [0.1, 0.15) is 5.75 Å². The number of ether oxygens (including phenoxy) is 1. The molecule has 1 saturated heterocycles. The number of methoxy groups -OCH3 is 1. The summed E-state index contributed by atoms with van der Waals surface area (Å²) in [4.78, 5) is 2.57. The van der Waals surface area contributed by atoms with Crippen LogP contribution in [0, 0.1) is 6.92 Å². The van der Waals surface area contributed by atoms with Crippen molar-refractivity contribution in [1.82, 2.24) is 10.2 Å². The van der Waals surface area contributed by atoms with Crippen molar-refractivity contribution in [3.05, 3.63) is 29.3 Å². The Morgan fingerprint density at radius 2 is 2.05 bits per heavy atom. The zero-order valence-electron chi connectivity index (χ0n) is 12.2. The first kappa shape index (κ1) is 14.4. The number of likely N-dealkylation sites (tertiary alicyclic amines) is 1. The second-order valence-electron chi connectivity index (χ2n) is 5.38. The van der Waals surface area contributed by atoms with Crippen LogP contribution in [0.3, 0.4) is 0 Å². The smallest absolute Gasteiger partial charge is 0.122 e. The van der Waals surface area contributed by atoms with Gasteiger partial charge in [-0.05, 0) is 69.6 Å². The van der Waals surface area contributed by atoms with Crippen LogP contribution in [0.25, 0.3) is 0 Å². The lowest BCUT2D eigenvalue weighted by Crippen LogP contribution is -2.24. The minimum atomic E-state index is 0.927. The first-order valence-electron chi connectivity index (χ1n) is 7.36. The maximum Gasteiger partial charge on any atom is 0.122 e. The Kier molecular flexibility index (Phi) is 5.67. The molecule has 2 rings (SSSR count). The average molecular weight is 262 g/mol. The van der Waals surface area contributed by atoms with Gasteiger partial charge in [-0.3, -0.25) is 0 Å². The van der Waals surface area contributed by atoms with Gasteiger partial charge in [0, 0.05) is 6.54 Å². The van der Waals surface area contributed by atoms with Crippen LogP contribution in [0.4, 0.5) is 0 Å². The molecule has 0 atom stereocenters. The van der Waals surface area contributed by atoms with Gasteiger partial charge < -0.3 is 15.0 Å². The highest BCUT2D eigenvalue weighted by atomic mass is 16.5. The van der Waals surface area contributed by atoms with Crippen LogP contribution in [-0.2, 0) is 6.54 Å². The zero-order chi connectivity index (χ0) is 13.5. The minimum Gasteiger partial charge on any atom is -0.496 e. The molecule has 1 heterocycles. The summed E-state index contributed by atoms with van der Waals surface area (Å²) in [5.74, 6) is 0.983. The quantitative estimate of drug-likeness (QED) is 0.764. The lowest BCUT2D eigenvalue weighted by atomic mass is 10.1. The van der Waals surface area contributed by atoms with Gasteiger partial charge in [-0.2, -0.15) is 0 Å². The van der Waals surface area contributed by atoms with Crippen molar-refractivity contribution in [2.75, 3.05) is 33.3 Å². The highest BCUT2D eigenvalue weighted by Gasteiger charge is 2.09. The second kappa shape index (κ2) is 7.51. The molecule has 0 unspecified atom stereocenters. The standard InChI is InChI=1S/C16H26N2O/c1-14-6-7-15(12-16(14)19-2)13-17-8-5-11-18-9-3-4-10-18/h6-7,12,17H,3-5,8-11,13H2,1-2H3. The summed E-state index contributed by atoms with van der Waals surface area (Å²) in [6.07, 6.45) is 4.01. The van der Waals surface area contributed by atoms with Crippen molar-refractivity contribution in [1.29, 1.82) is 0 Å². The van der Waals surface area contributed by atoms with Crippen LogP contribution in [0.1, 0.15) is 30.4 Å². The largest absolute Gasteiger partial charge is 0.496 e. The summed E-state index contributed by atoms with van der Waals surface area (Å²) in [5, 5.41) is 3.51. The number of hydrogen-bond donors (Lipinski definition) is 1. The Labute approximate surface area is 116 Å². The number of aryl methyl sites for hydroxylation is 1. The molecule has 1 fully saturated rings. The van der Waals surface area contributed by atoms with E-state index in [0.29, 0.717) is 0 Å². The molecule has 0 aromatic heterocycles. The van der Waals surface area contributed by atoms with E-state index in [-0.39, 0.29) is 0 Å². The van der Waals surface area contributed by atoms with E-state index in [1.807, 2.05) is 0 Å². The van der Waals surface area contributed by atoms with Crippen molar-refractivity contribution in [3.63, 3.8) is 0 Å². The third-order valence-electron chi connectivity index (χ3n) is 3.83. The molecule has 0 spiro atoms. The fourth-order valence-corrected chi connectivity index (χ4v) is 2.64. The van der Waals surface area contributed by atoms with Crippen LogP contribution < -0.4 is 10.1 Å². The third-order valence-corrected chi connectivity index (χ3v) is 3.83. The second-order valence-corrected chi connectivity index (χ2v) is 5.38. The van der Waals surface area contributed by atoms with E-state index < -0.39 is 0 Å². The summed E-state index contributed by atoms with van der Waals surface area (Å²) in [6.45, 7) is 7.93. The normalized spacial score (nSPS) is 15.9. The van der Waals surface area contributed by atoms with Crippen LogP contribution in [0.15, 0.2) is 18.2 Å². The summed E-state index contributed by atoms with van der Waals surface area (Å²) >= 11 is 0. The predicted octanol–water partition coefficient (Wildman–Crippen LogP) is 2.58. The Hall–Kier alpha value is -1.06. The molecule has 3 nitrogen and oxygen atoms in total. The number of rotatable bonds is 7. The fourth-order valence-electron chi connectivity index (χ4n) is 2.64. The first-order valence-corrected chi connectivity index (χ1v) is 7.36. The maximum absolute atomic E-state index is 5.35. The Balaban J connectivity index is 1.64. The highest BCUT2D eigenvalue weighted by molar-refractivity contribution is 5.36. The van der Waals surface area contributed by atoms with E-state index in [1.54, 1.807) is 7.11 Å². The molecule has 1 aromatic carbocycles. The van der Waals surface area contributed by atoms with Gasteiger partial charge in [0.25, 0.3) is 0 Å². The van der Waals surface area contributed by atoms with Gasteiger partial charge in [0.05, 0.1) is 7.11 Å². The van der Waals surface area contributed by atoms with Gasteiger partial charge >= 0.3 is 0 Å². The van der Waals surface area contributed by atoms with E-state index >= 15 is 0 Å². The van der Waals surface area contributed by atoms with Crippen LogP contribution in [-0.4, -0.2) is 38.2 Å². The van der Waals surface area contributed by atoms with E-state index in [9.17, 15) is 0 Å². The van der Waals surface area contributed by atoms with Crippen molar-refractivity contribution in [2.24, 2.45) is 0 Å². The van der Waals surface area contributed by atoms with E-state index in [4.69, 9.17) is 4.74 Å². The number of nitrogens with one attached hydrogen (secondary N) is 1. The molecule has 1 N–H and O–H groups in total. The van der Waals surface area contributed by atoms with Crippen molar-refractivity contribution >= 4 is 0 Å². The van der Waals surface area contributed by atoms with Crippen LogP contribution >= 0.6 is 0 Å². The Morgan fingerprint density at radius 3 is 2.79 bits per heavy atom. The topological polar surface area (TPSA) is 24.5 Å². The predicted molar refractivity (Wildman–Crippen MR) is 79.7 cm³/mol. The SMILES string of the molecule is COc1cc(CNCCCN2CCCC2)ccc1C.